The molecule has 0 aliphatic carbocycles. The van der Waals surface area contributed by atoms with Crippen molar-refractivity contribution in [1.29, 1.82) is 0 Å². The van der Waals surface area contributed by atoms with E-state index in [4.69, 9.17) is 5.21 Å². The summed E-state index contributed by atoms with van der Waals surface area (Å²) in [5, 5.41) is 16.9. The van der Waals surface area contributed by atoms with E-state index in [2.05, 4.69) is 16.0 Å². The number of carbonyl (C=O) groups is 3. The Bertz CT molecular complexity index is 830. The molecule has 0 aromatic heterocycles. The standard InChI is InChI=1S/C24H32N4O4/c29-22(28-32)17-9-3-8-16-21(23(30)26-20-14-6-2-7-15-20)27-24(31)25-18-10-13-19-11-4-1-5-12-19/h1-2,4-7,11-12,14-15,21,32H,3,8-10,13,16-18H2,(H,26,30)(H,28,29)(H2,25,27,31)/t21-/m0/s1. The van der Waals surface area contributed by atoms with Crippen molar-refractivity contribution in [3.8, 4) is 0 Å². The lowest BCUT2D eigenvalue weighted by Crippen LogP contribution is -2.48. The predicted molar refractivity (Wildman–Crippen MR) is 123 cm³/mol. The Labute approximate surface area is 188 Å². The summed E-state index contributed by atoms with van der Waals surface area (Å²) in [5.41, 5.74) is 3.47. The second-order valence-electron chi connectivity index (χ2n) is 7.53. The average Bonchev–Trinajstić information content (AvgIpc) is 2.82. The van der Waals surface area contributed by atoms with Crippen LogP contribution in [-0.2, 0) is 16.0 Å². The summed E-state index contributed by atoms with van der Waals surface area (Å²) >= 11 is 0. The van der Waals surface area contributed by atoms with E-state index in [1.165, 1.54) is 5.56 Å². The molecule has 1 atom stereocenters. The lowest BCUT2D eigenvalue weighted by Gasteiger charge is -2.19. The zero-order chi connectivity index (χ0) is 23.0. The number of benzene rings is 2. The van der Waals surface area contributed by atoms with Crippen LogP contribution < -0.4 is 21.4 Å². The molecule has 0 aliphatic heterocycles. The molecule has 0 aliphatic rings. The first-order valence-electron chi connectivity index (χ1n) is 11.0. The van der Waals surface area contributed by atoms with Crippen LogP contribution in [0.1, 0.15) is 44.1 Å². The van der Waals surface area contributed by atoms with E-state index in [0.29, 0.717) is 37.9 Å². The van der Waals surface area contributed by atoms with Crippen LogP contribution in [0, 0.1) is 0 Å². The normalized spacial score (nSPS) is 11.3. The molecule has 8 nitrogen and oxygen atoms in total. The van der Waals surface area contributed by atoms with Crippen molar-refractivity contribution in [2.75, 3.05) is 11.9 Å². The third-order valence-electron chi connectivity index (χ3n) is 4.96. The van der Waals surface area contributed by atoms with Crippen molar-refractivity contribution in [2.24, 2.45) is 0 Å². The van der Waals surface area contributed by atoms with Crippen molar-refractivity contribution in [2.45, 2.75) is 51.0 Å². The number of nitrogens with one attached hydrogen (secondary N) is 4. The first-order chi connectivity index (χ1) is 15.6. The van der Waals surface area contributed by atoms with Crippen LogP contribution in [0.3, 0.4) is 0 Å². The minimum Gasteiger partial charge on any atom is -0.338 e. The quantitative estimate of drug-likeness (QED) is 0.186. The summed E-state index contributed by atoms with van der Waals surface area (Å²) in [6.45, 7) is 0.504. The van der Waals surface area contributed by atoms with E-state index in [1.807, 2.05) is 48.5 Å². The Kier molecular flexibility index (Phi) is 11.3. The van der Waals surface area contributed by atoms with Gasteiger partial charge in [-0.25, -0.2) is 10.3 Å². The van der Waals surface area contributed by atoms with Crippen LogP contribution in [-0.4, -0.2) is 35.6 Å². The van der Waals surface area contributed by atoms with E-state index in [1.54, 1.807) is 17.6 Å². The number of para-hydroxylation sites is 1. The Morgan fingerprint density at radius 3 is 2.22 bits per heavy atom. The summed E-state index contributed by atoms with van der Waals surface area (Å²) in [5.74, 6) is -0.722. The topological polar surface area (TPSA) is 120 Å². The van der Waals surface area contributed by atoms with E-state index < -0.39 is 11.9 Å². The monoisotopic (exact) mass is 440 g/mol. The molecule has 0 radical (unpaired) electrons. The highest BCUT2D eigenvalue weighted by Gasteiger charge is 2.20. The maximum Gasteiger partial charge on any atom is 0.315 e. The number of hydroxylamine groups is 1. The zero-order valence-corrected chi connectivity index (χ0v) is 18.2. The molecule has 172 valence electrons. The molecule has 2 rings (SSSR count). The molecule has 0 unspecified atom stereocenters. The largest absolute Gasteiger partial charge is 0.338 e. The van der Waals surface area contributed by atoms with Gasteiger partial charge in [-0.05, 0) is 43.4 Å². The average molecular weight is 441 g/mol. The number of rotatable bonds is 13. The maximum atomic E-state index is 12.7. The summed E-state index contributed by atoms with van der Waals surface area (Å²) in [7, 11) is 0. The minimum atomic E-state index is -0.698. The summed E-state index contributed by atoms with van der Waals surface area (Å²) in [6.07, 6.45) is 4.25. The third-order valence-corrected chi connectivity index (χ3v) is 4.96. The smallest absolute Gasteiger partial charge is 0.315 e. The van der Waals surface area contributed by atoms with Crippen molar-refractivity contribution >= 4 is 23.5 Å². The van der Waals surface area contributed by atoms with Gasteiger partial charge >= 0.3 is 6.03 Å². The number of carbonyl (C=O) groups excluding carboxylic acids is 3. The first kappa shape index (κ1) is 24.9. The Balaban J connectivity index is 1.80. The number of urea groups is 1. The third kappa shape index (κ3) is 10.1. The van der Waals surface area contributed by atoms with Crippen LogP contribution in [0.25, 0.3) is 0 Å². The van der Waals surface area contributed by atoms with Gasteiger partial charge in [-0.3, -0.25) is 14.8 Å². The van der Waals surface area contributed by atoms with Gasteiger partial charge in [0.1, 0.15) is 6.04 Å². The van der Waals surface area contributed by atoms with Crippen LogP contribution in [0.4, 0.5) is 10.5 Å². The van der Waals surface area contributed by atoms with Gasteiger partial charge in [0.15, 0.2) is 0 Å². The fraction of sp³-hybridized carbons (Fsp3) is 0.375. The molecule has 0 saturated heterocycles. The number of amides is 4. The molecule has 0 fully saturated rings. The van der Waals surface area contributed by atoms with Gasteiger partial charge in [-0.1, -0.05) is 61.4 Å². The number of aryl methyl sites for hydroxylation is 1. The highest BCUT2D eigenvalue weighted by atomic mass is 16.5. The summed E-state index contributed by atoms with van der Waals surface area (Å²) < 4.78 is 0. The van der Waals surface area contributed by atoms with Crippen LogP contribution in [0.15, 0.2) is 60.7 Å². The van der Waals surface area contributed by atoms with Gasteiger partial charge in [0.2, 0.25) is 11.8 Å². The number of hydrogen-bond donors (Lipinski definition) is 5. The molecular weight excluding hydrogens is 408 g/mol. The lowest BCUT2D eigenvalue weighted by molar-refractivity contribution is -0.129. The second kappa shape index (κ2) is 14.6. The SMILES string of the molecule is O=C(CCCCC[C@H](NC(=O)NCCCc1ccccc1)C(=O)Nc1ccccc1)NO. The molecule has 0 spiro atoms. The van der Waals surface area contributed by atoms with Crippen molar-refractivity contribution < 1.29 is 19.6 Å². The van der Waals surface area contributed by atoms with E-state index in [-0.39, 0.29) is 18.4 Å². The van der Waals surface area contributed by atoms with Gasteiger partial charge in [-0.2, -0.15) is 0 Å². The molecule has 0 heterocycles. The molecular formula is C24H32N4O4. The van der Waals surface area contributed by atoms with Gasteiger partial charge < -0.3 is 16.0 Å². The predicted octanol–water partition coefficient (Wildman–Crippen LogP) is 3.38. The van der Waals surface area contributed by atoms with Crippen molar-refractivity contribution in [1.82, 2.24) is 16.1 Å². The fourth-order valence-electron chi connectivity index (χ4n) is 3.23. The Morgan fingerprint density at radius 1 is 0.844 bits per heavy atom. The van der Waals surface area contributed by atoms with Gasteiger partial charge in [0.25, 0.3) is 0 Å². The van der Waals surface area contributed by atoms with E-state index in [9.17, 15) is 14.4 Å². The van der Waals surface area contributed by atoms with E-state index >= 15 is 0 Å². The van der Waals surface area contributed by atoms with Crippen molar-refractivity contribution in [3.63, 3.8) is 0 Å². The maximum absolute atomic E-state index is 12.7. The number of unbranched alkanes of at least 4 members (excludes halogenated alkanes) is 2. The van der Waals surface area contributed by atoms with Gasteiger partial charge in [-0.15, -0.1) is 0 Å². The molecule has 2 aromatic carbocycles. The first-order valence-corrected chi connectivity index (χ1v) is 11.0. The summed E-state index contributed by atoms with van der Waals surface area (Å²) in [4.78, 5) is 36.2. The fourth-order valence-corrected chi connectivity index (χ4v) is 3.23. The van der Waals surface area contributed by atoms with Crippen molar-refractivity contribution in [3.05, 3.63) is 66.2 Å². The highest BCUT2D eigenvalue weighted by molar-refractivity contribution is 5.96. The van der Waals surface area contributed by atoms with E-state index in [0.717, 1.165) is 12.8 Å². The molecule has 0 bridgehead atoms. The molecule has 32 heavy (non-hydrogen) atoms. The minimum absolute atomic E-state index is 0.215. The number of hydrogen-bond acceptors (Lipinski definition) is 4. The number of anilines is 1. The highest BCUT2D eigenvalue weighted by Crippen LogP contribution is 2.10. The van der Waals surface area contributed by atoms with Gasteiger partial charge in [0, 0.05) is 18.7 Å². The molecule has 5 N–H and O–H groups in total. The lowest BCUT2D eigenvalue weighted by atomic mass is 10.1. The molecule has 8 heteroatoms. The molecule has 4 amide bonds. The Hall–Kier alpha value is -3.39. The molecule has 2 aromatic rings. The Morgan fingerprint density at radius 2 is 1.53 bits per heavy atom. The van der Waals surface area contributed by atoms with Crippen LogP contribution in [0.2, 0.25) is 0 Å². The van der Waals surface area contributed by atoms with Crippen LogP contribution >= 0.6 is 0 Å². The van der Waals surface area contributed by atoms with Crippen LogP contribution in [0.5, 0.6) is 0 Å². The summed E-state index contributed by atoms with van der Waals surface area (Å²) in [6, 6.07) is 18.0. The zero-order valence-electron chi connectivity index (χ0n) is 18.2. The van der Waals surface area contributed by atoms with Gasteiger partial charge in [0.05, 0.1) is 0 Å². The molecule has 0 saturated carbocycles. The second-order valence-corrected chi connectivity index (χ2v) is 7.53.